The molecule has 0 spiro atoms. The summed E-state index contributed by atoms with van der Waals surface area (Å²) in [6.07, 6.45) is 3.41. The van der Waals surface area contributed by atoms with Crippen molar-refractivity contribution in [2.45, 2.75) is 19.9 Å². The van der Waals surface area contributed by atoms with Crippen molar-refractivity contribution in [2.24, 2.45) is 0 Å². The largest absolute Gasteiger partial charge is 0.459 e. The zero-order valence-corrected chi connectivity index (χ0v) is 18.5. The summed E-state index contributed by atoms with van der Waals surface area (Å²) < 4.78 is 12.2. The lowest BCUT2D eigenvalue weighted by Gasteiger charge is -2.03. The van der Waals surface area contributed by atoms with Gasteiger partial charge in [-0.15, -0.1) is 11.3 Å². The third kappa shape index (κ3) is 4.71. The van der Waals surface area contributed by atoms with E-state index in [0.29, 0.717) is 34.0 Å². The van der Waals surface area contributed by atoms with Crippen molar-refractivity contribution in [2.75, 3.05) is 11.9 Å². The van der Waals surface area contributed by atoms with Gasteiger partial charge in [0, 0.05) is 29.2 Å². The molecule has 0 aliphatic heterocycles. The molecule has 0 atom stereocenters. The van der Waals surface area contributed by atoms with E-state index in [0.717, 1.165) is 22.2 Å². The Hall–Kier alpha value is -4.16. The molecule has 4 rings (SSSR count). The van der Waals surface area contributed by atoms with Crippen LogP contribution in [-0.4, -0.2) is 28.8 Å². The van der Waals surface area contributed by atoms with Crippen LogP contribution in [0, 0.1) is 18.3 Å². The summed E-state index contributed by atoms with van der Waals surface area (Å²) >= 11 is 1.06. The van der Waals surface area contributed by atoms with Crippen LogP contribution in [0.5, 0.6) is 0 Å². The minimum atomic E-state index is -0.641. The van der Waals surface area contributed by atoms with Crippen molar-refractivity contribution in [1.29, 1.82) is 5.26 Å². The molecular formula is C24H19N3O5S. The number of nitriles is 1. The first-order valence-corrected chi connectivity index (χ1v) is 10.9. The highest BCUT2D eigenvalue weighted by Crippen LogP contribution is 2.28. The topological polar surface area (TPSA) is 114 Å². The quantitative estimate of drug-likeness (QED) is 0.297. The van der Waals surface area contributed by atoms with E-state index >= 15 is 0 Å². The summed E-state index contributed by atoms with van der Waals surface area (Å²) in [7, 11) is 0. The molecule has 1 N–H and O–H groups in total. The van der Waals surface area contributed by atoms with E-state index in [4.69, 9.17) is 14.4 Å². The fourth-order valence-electron chi connectivity index (χ4n) is 3.43. The van der Waals surface area contributed by atoms with Crippen molar-refractivity contribution in [1.82, 2.24) is 4.57 Å². The third-order valence-corrected chi connectivity index (χ3v) is 6.11. The SMILES string of the molecule is Cc1cc(NC(=O)c2ccco2)sc1C(=O)OCC(=O)c1cn(CCC#N)c2ccccc12. The summed E-state index contributed by atoms with van der Waals surface area (Å²) in [5, 5.41) is 12.8. The molecule has 3 heterocycles. The number of ketones is 1. The highest BCUT2D eigenvalue weighted by molar-refractivity contribution is 7.18. The number of ether oxygens (including phenoxy) is 1. The second-order valence-corrected chi connectivity index (χ2v) is 8.27. The lowest BCUT2D eigenvalue weighted by atomic mass is 10.1. The molecule has 0 saturated carbocycles. The summed E-state index contributed by atoms with van der Waals surface area (Å²) in [5.41, 5.74) is 1.90. The molecule has 8 nitrogen and oxygen atoms in total. The third-order valence-electron chi connectivity index (χ3n) is 4.97. The highest BCUT2D eigenvalue weighted by atomic mass is 32.1. The van der Waals surface area contributed by atoms with E-state index in [2.05, 4.69) is 11.4 Å². The van der Waals surface area contributed by atoms with Crippen LogP contribution < -0.4 is 5.32 Å². The Morgan fingerprint density at radius 2 is 2.03 bits per heavy atom. The summed E-state index contributed by atoms with van der Waals surface area (Å²) in [4.78, 5) is 37.9. The van der Waals surface area contributed by atoms with E-state index in [1.54, 1.807) is 25.3 Å². The number of nitrogens with zero attached hydrogens (tertiary/aromatic N) is 2. The second kappa shape index (κ2) is 9.54. The first-order chi connectivity index (χ1) is 16.0. The van der Waals surface area contributed by atoms with Crippen molar-refractivity contribution in [3.8, 4) is 6.07 Å². The number of nitrogens with one attached hydrogen (secondary N) is 1. The van der Waals surface area contributed by atoms with Crippen molar-refractivity contribution < 1.29 is 23.5 Å². The van der Waals surface area contributed by atoms with Gasteiger partial charge in [-0.25, -0.2) is 4.79 Å². The number of benzene rings is 1. The molecule has 4 aromatic rings. The summed E-state index contributed by atoms with van der Waals surface area (Å²) in [6.45, 7) is 1.77. The average Bonchev–Trinajstić information content (AvgIpc) is 3.55. The number of esters is 1. The Morgan fingerprint density at radius 1 is 1.21 bits per heavy atom. The van der Waals surface area contributed by atoms with Crippen LogP contribution in [0.3, 0.4) is 0 Å². The predicted molar refractivity (Wildman–Crippen MR) is 122 cm³/mol. The minimum Gasteiger partial charge on any atom is -0.459 e. The molecule has 1 aromatic carbocycles. The van der Waals surface area contributed by atoms with Gasteiger partial charge in [0.15, 0.2) is 12.4 Å². The minimum absolute atomic E-state index is 0.157. The van der Waals surface area contributed by atoms with Crippen LogP contribution in [0.15, 0.2) is 59.3 Å². The Bertz CT molecular complexity index is 1370. The standard InChI is InChI=1S/C24H19N3O5S/c1-15-12-21(26-23(29)20-8-4-11-31-20)33-22(15)24(30)32-14-19(28)17-13-27(10-5-9-25)18-7-3-2-6-16(17)18/h2-4,6-8,11-13H,5,10,14H2,1H3,(H,26,29). The Kier molecular flexibility index (Phi) is 6.38. The highest BCUT2D eigenvalue weighted by Gasteiger charge is 2.21. The van der Waals surface area contributed by atoms with Gasteiger partial charge in [0.25, 0.3) is 5.91 Å². The number of hydrogen-bond donors (Lipinski definition) is 1. The van der Waals surface area contributed by atoms with Gasteiger partial charge in [-0.2, -0.15) is 5.26 Å². The van der Waals surface area contributed by atoms with E-state index in [1.165, 1.54) is 12.3 Å². The number of thiophene rings is 1. The molecule has 0 aliphatic carbocycles. The number of carbonyl (C=O) groups is 3. The molecule has 0 radical (unpaired) electrons. The van der Waals surface area contributed by atoms with Gasteiger partial charge in [-0.1, -0.05) is 18.2 Å². The van der Waals surface area contributed by atoms with E-state index in [-0.39, 0.29) is 11.5 Å². The first-order valence-electron chi connectivity index (χ1n) is 10.1. The fraction of sp³-hybridized carbons (Fsp3) is 0.167. The Labute approximate surface area is 193 Å². The fourth-order valence-corrected chi connectivity index (χ4v) is 4.39. The number of aryl methyl sites for hydroxylation is 2. The van der Waals surface area contributed by atoms with Crippen LogP contribution in [0.1, 0.15) is 42.6 Å². The van der Waals surface area contributed by atoms with Gasteiger partial charge in [0.05, 0.1) is 23.8 Å². The van der Waals surface area contributed by atoms with Gasteiger partial charge >= 0.3 is 5.97 Å². The molecule has 33 heavy (non-hydrogen) atoms. The van der Waals surface area contributed by atoms with E-state index in [9.17, 15) is 14.4 Å². The van der Waals surface area contributed by atoms with Crippen LogP contribution in [0.4, 0.5) is 5.00 Å². The van der Waals surface area contributed by atoms with Crippen molar-refractivity contribution in [3.05, 3.63) is 76.7 Å². The van der Waals surface area contributed by atoms with Gasteiger partial charge in [0.2, 0.25) is 5.78 Å². The Morgan fingerprint density at radius 3 is 2.79 bits per heavy atom. The number of carbonyl (C=O) groups excluding carboxylic acids is 3. The van der Waals surface area contributed by atoms with Crippen LogP contribution >= 0.6 is 11.3 Å². The zero-order valence-electron chi connectivity index (χ0n) is 17.7. The lowest BCUT2D eigenvalue weighted by Crippen LogP contribution is -2.14. The molecule has 166 valence electrons. The van der Waals surface area contributed by atoms with Crippen LogP contribution in [0.25, 0.3) is 10.9 Å². The van der Waals surface area contributed by atoms with Crippen LogP contribution in [0.2, 0.25) is 0 Å². The van der Waals surface area contributed by atoms with E-state index < -0.39 is 18.5 Å². The van der Waals surface area contributed by atoms with Gasteiger partial charge < -0.3 is 19.0 Å². The number of anilines is 1. The number of Topliss-reactive ketones (excluding diaryl/α,β-unsaturated/α-hetero) is 1. The number of aromatic nitrogens is 1. The molecule has 3 aromatic heterocycles. The maximum atomic E-state index is 12.8. The number of hydrogen-bond acceptors (Lipinski definition) is 7. The lowest BCUT2D eigenvalue weighted by molar-refractivity contribution is 0.0479. The van der Waals surface area contributed by atoms with Gasteiger partial charge in [-0.05, 0) is 36.8 Å². The average molecular weight is 461 g/mol. The molecule has 0 aliphatic rings. The maximum Gasteiger partial charge on any atom is 0.349 e. The molecule has 1 amide bonds. The maximum absolute atomic E-state index is 12.8. The Balaban J connectivity index is 1.44. The molecule has 0 unspecified atom stereocenters. The monoisotopic (exact) mass is 461 g/mol. The first kappa shape index (κ1) is 22.0. The molecule has 0 fully saturated rings. The summed E-state index contributed by atoms with van der Waals surface area (Å²) in [6, 6.07) is 14.3. The molecular weight excluding hydrogens is 442 g/mol. The molecule has 9 heteroatoms. The summed E-state index contributed by atoms with van der Waals surface area (Å²) in [5.74, 6) is -1.25. The number of para-hydroxylation sites is 1. The molecule has 0 bridgehead atoms. The van der Waals surface area contributed by atoms with Gasteiger partial charge in [-0.3, -0.25) is 9.59 Å². The number of rotatable bonds is 8. The predicted octanol–water partition coefficient (Wildman–Crippen LogP) is 4.81. The zero-order chi connectivity index (χ0) is 23.4. The second-order valence-electron chi connectivity index (χ2n) is 7.21. The normalized spacial score (nSPS) is 10.7. The van der Waals surface area contributed by atoms with Crippen molar-refractivity contribution >= 4 is 44.9 Å². The van der Waals surface area contributed by atoms with Crippen LogP contribution in [-0.2, 0) is 11.3 Å². The smallest absolute Gasteiger partial charge is 0.349 e. The van der Waals surface area contributed by atoms with Gasteiger partial charge in [0.1, 0.15) is 4.88 Å². The number of furan rings is 1. The number of fused-ring (bicyclic) bond motifs is 1. The number of amides is 1. The van der Waals surface area contributed by atoms with E-state index in [1.807, 2.05) is 28.8 Å². The van der Waals surface area contributed by atoms with Crippen molar-refractivity contribution in [3.63, 3.8) is 0 Å². The molecule has 0 saturated heterocycles.